The number of nitrogens with zero attached hydrogens (tertiary/aromatic N) is 10. The lowest BCUT2D eigenvalue weighted by atomic mass is 10.1. The number of hydrogen-bond acceptors (Lipinski definition) is 16. The van der Waals surface area contributed by atoms with Crippen molar-refractivity contribution >= 4 is 76.4 Å². The molecule has 14 nitrogen and oxygen atoms in total. The van der Waals surface area contributed by atoms with E-state index < -0.39 is 0 Å². The van der Waals surface area contributed by atoms with Crippen molar-refractivity contribution < 1.29 is 9.47 Å². The van der Waals surface area contributed by atoms with Gasteiger partial charge >= 0.3 is 0 Å². The molecular weight excluding hydrogens is 793 g/mol. The van der Waals surface area contributed by atoms with Gasteiger partial charge in [-0.3, -0.25) is 0 Å². The molecule has 0 unspecified atom stereocenters. The monoisotopic (exact) mass is 828 g/mol. The first-order valence-corrected chi connectivity index (χ1v) is 20.9. The fraction of sp³-hybridized carbons (Fsp3) is 0.182. The zero-order valence-electron chi connectivity index (χ0n) is 32.0. The first kappa shape index (κ1) is 38.1. The van der Waals surface area contributed by atoms with Gasteiger partial charge in [0.2, 0.25) is 0 Å². The SMILES string of the molecule is N#C[C@@H]1CCN(c2nccnc2Oc2ccc(Nc3nc4ccccc4s3)cc2)C1.N#C[C@H]1CCN(c2nccnc2Oc2ccc(Nc3nc4ccccc4s3)cc2)C1. The highest BCUT2D eigenvalue weighted by molar-refractivity contribution is 7.22. The van der Waals surface area contributed by atoms with Gasteiger partial charge in [-0.15, -0.1) is 0 Å². The lowest BCUT2D eigenvalue weighted by Crippen LogP contribution is -2.21. The summed E-state index contributed by atoms with van der Waals surface area (Å²) in [6.07, 6.45) is 8.18. The molecule has 6 heterocycles. The molecule has 4 aromatic heterocycles. The molecule has 10 rings (SSSR count). The molecule has 4 aromatic carbocycles. The minimum absolute atomic E-state index is 0.0210. The van der Waals surface area contributed by atoms with Crippen LogP contribution in [0.1, 0.15) is 12.8 Å². The molecule has 0 amide bonds. The number of nitrogens with one attached hydrogen (secondary N) is 2. The van der Waals surface area contributed by atoms with Crippen molar-refractivity contribution in [3.63, 3.8) is 0 Å². The number of thiazole rings is 2. The minimum Gasteiger partial charge on any atom is -0.436 e. The summed E-state index contributed by atoms with van der Waals surface area (Å²) in [6.45, 7) is 2.85. The molecular formula is C44H36N12O2S2. The van der Waals surface area contributed by atoms with Gasteiger partial charge in [-0.1, -0.05) is 46.9 Å². The summed E-state index contributed by atoms with van der Waals surface area (Å²) in [5.41, 5.74) is 3.83. The quantitative estimate of drug-likeness (QED) is 0.133. The third kappa shape index (κ3) is 8.85. The van der Waals surface area contributed by atoms with Crippen LogP contribution < -0.4 is 29.9 Å². The second-order valence-corrected chi connectivity index (χ2v) is 16.0. The molecule has 0 radical (unpaired) electrons. The van der Waals surface area contributed by atoms with E-state index in [-0.39, 0.29) is 11.8 Å². The normalized spacial score (nSPS) is 15.8. The van der Waals surface area contributed by atoms with Gasteiger partial charge in [0.1, 0.15) is 11.5 Å². The fourth-order valence-corrected chi connectivity index (χ4v) is 8.64. The summed E-state index contributed by atoms with van der Waals surface area (Å²) < 4.78 is 14.3. The topological polar surface area (TPSA) is 174 Å². The van der Waals surface area contributed by atoms with Gasteiger partial charge in [-0.2, -0.15) is 10.5 Å². The number of anilines is 6. The van der Waals surface area contributed by atoms with Crippen molar-refractivity contribution in [3.8, 4) is 35.4 Å². The Morgan fingerprint density at radius 2 is 0.967 bits per heavy atom. The lowest BCUT2D eigenvalue weighted by Gasteiger charge is -2.18. The van der Waals surface area contributed by atoms with Crippen LogP contribution in [0.15, 0.2) is 122 Å². The number of aromatic nitrogens is 6. The van der Waals surface area contributed by atoms with Gasteiger partial charge in [0.15, 0.2) is 21.9 Å². The zero-order chi connectivity index (χ0) is 40.7. The van der Waals surface area contributed by atoms with E-state index in [1.165, 1.54) is 0 Å². The highest BCUT2D eigenvalue weighted by Gasteiger charge is 2.27. The highest BCUT2D eigenvalue weighted by atomic mass is 32.1. The summed E-state index contributed by atoms with van der Waals surface area (Å²) in [7, 11) is 0. The Balaban J connectivity index is 0.000000154. The highest BCUT2D eigenvalue weighted by Crippen LogP contribution is 2.35. The Morgan fingerprint density at radius 1 is 0.550 bits per heavy atom. The maximum atomic E-state index is 9.15. The molecule has 0 aliphatic carbocycles. The van der Waals surface area contributed by atoms with E-state index in [4.69, 9.17) is 20.0 Å². The molecule has 0 bridgehead atoms. The van der Waals surface area contributed by atoms with Crippen molar-refractivity contribution in [3.05, 3.63) is 122 Å². The molecule has 2 aliphatic heterocycles. The summed E-state index contributed by atoms with van der Waals surface area (Å²) in [5, 5.41) is 26.7. The third-order valence-electron chi connectivity index (χ3n) is 9.86. The van der Waals surface area contributed by atoms with Crippen LogP contribution in [0.25, 0.3) is 20.4 Å². The molecule has 0 saturated carbocycles. The zero-order valence-corrected chi connectivity index (χ0v) is 33.7. The van der Waals surface area contributed by atoms with Crippen LogP contribution >= 0.6 is 22.7 Å². The van der Waals surface area contributed by atoms with Crippen molar-refractivity contribution in [1.29, 1.82) is 10.5 Å². The van der Waals surface area contributed by atoms with Gasteiger partial charge in [-0.25, -0.2) is 29.9 Å². The summed E-state index contributed by atoms with van der Waals surface area (Å²) in [6, 6.07) is 36.1. The largest absolute Gasteiger partial charge is 0.436 e. The molecule has 0 spiro atoms. The van der Waals surface area contributed by atoms with Crippen LogP contribution in [0.4, 0.5) is 33.3 Å². The standard InChI is InChI=1S/2C22H18N6OS/c2*23-13-15-9-12-28(14-15)20-21(25-11-10-24-20)29-17-7-5-16(6-8-17)26-22-27-18-3-1-2-4-19(18)30-22/h2*1-8,10-11,15H,9,12,14H2,(H,26,27)/t2*15-/m10/s1. The van der Waals surface area contributed by atoms with E-state index in [1.54, 1.807) is 47.5 Å². The van der Waals surface area contributed by atoms with E-state index in [9.17, 15) is 0 Å². The van der Waals surface area contributed by atoms with Gasteiger partial charge in [0.25, 0.3) is 11.8 Å². The van der Waals surface area contributed by atoms with E-state index >= 15 is 0 Å². The Hall–Kier alpha value is -7.40. The van der Waals surface area contributed by atoms with Crippen molar-refractivity contribution in [2.75, 3.05) is 46.6 Å². The second-order valence-electron chi connectivity index (χ2n) is 14.0. The maximum absolute atomic E-state index is 9.15. The van der Waals surface area contributed by atoms with E-state index in [0.29, 0.717) is 48.0 Å². The van der Waals surface area contributed by atoms with Gasteiger partial charge in [0.05, 0.1) is 44.4 Å². The van der Waals surface area contributed by atoms with Crippen molar-refractivity contribution in [1.82, 2.24) is 29.9 Å². The van der Waals surface area contributed by atoms with Crippen LogP contribution in [0.5, 0.6) is 23.3 Å². The molecule has 8 aromatic rings. The molecule has 2 fully saturated rings. The number of ether oxygens (including phenoxy) is 2. The van der Waals surface area contributed by atoms with Gasteiger partial charge in [0, 0.05) is 62.3 Å². The molecule has 60 heavy (non-hydrogen) atoms. The van der Waals surface area contributed by atoms with Gasteiger partial charge < -0.3 is 29.9 Å². The Morgan fingerprint density at radius 3 is 1.37 bits per heavy atom. The van der Waals surface area contributed by atoms with E-state index in [2.05, 4.69) is 74.6 Å². The van der Waals surface area contributed by atoms with E-state index in [0.717, 1.165) is 68.0 Å². The summed E-state index contributed by atoms with van der Waals surface area (Å²) in [4.78, 5) is 30.9. The number of rotatable bonds is 10. The number of fused-ring (bicyclic) bond motifs is 2. The second kappa shape index (κ2) is 17.6. The van der Waals surface area contributed by atoms with Gasteiger partial charge in [-0.05, 0) is 85.6 Å². The Labute approximate surface area is 353 Å². The molecule has 2 saturated heterocycles. The van der Waals surface area contributed by atoms with E-state index in [1.807, 2.05) is 84.9 Å². The predicted molar refractivity (Wildman–Crippen MR) is 235 cm³/mol. The number of benzene rings is 4. The van der Waals surface area contributed by atoms with Crippen molar-refractivity contribution in [2.24, 2.45) is 11.8 Å². The van der Waals surface area contributed by atoms with Crippen molar-refractivity contribution in [2.45, 2.75) is 12.8 Å². The number of hydrogen-bond donors (Lipinski definition) is 2. The predicted octanol–water partition coefficient (Wildman–Crippen LogP) is 9.94. The Bertz CT molecular complexity index is 2560. The molecule has 2 atom stereocenters. The fourth-order valence-electron chi connectivity index (χ4n) is 6.86. The summed E-state index contributed by atoms with van der Waals surface area (Å²) in [5.74, 6) is 3.62. The maximum Gasteiger partial charge on any atom is 0.263 e. The van der Waals surface area contributed by atoms with Crippen LogP contribution in [0.2, 0.25) is 0 Å². The third-order valence-corrected chi connectivity index (χ3v) is 11.8. The average molecular weight is 829 g/mol. The first-order chi connectivity index (χ1) is 29.6. The molecule has 2 aliphatic rings. The summed E-state index contributed by atoms with van der Waals surface area (Å²) >= 11 is 3.23. The first-order valence-electron chi connectivity index (χ1n) is 19.3. The number of para-hydroxylation sites is 2. The smallest absolute Gasteiger partial charge is 0.263 e. The number of nitriles is 2. The molecule has 16 heteroatoms. The lowest BCUT2D eigenvalue weighted by molar-refractivity contribution is 0.459. The average Bonchev–Trinajstić information content (AvgIpc) is 4.12. The van der Waals surface area contributed by atoms with Crippen LogP contribution in [0, 0.1) is 34.5 Å². The molecule has 2 N–H and O–H groups in total. The molecule has 296 valence electrons. The van der Waals surface area contributed by atoms with Crippen LogP contribution in [-0.4, -0.2) is 56.1 Å². The van der Waals surface area contributed by atoms with Crippen LogP contribution in [0.3, 0.4) is 0 Å². The Kier molecular flexibility index (Phi) is 11.2. The van der Waals surface area contributed by atoms with Crippen LogP contribution in [-0.2, 0) is 0 Å². The minimum atomic E-state index is 0.0210.